The standard InChI is InChI=1S/C74H48N2/c1-5-19-43(20-6-1)47-27-17-29-49(39-47)71-69-61-41-59(51-31-13-15-33-53(51)61)65(69)57-37-35-55-64(46-25-11-4-12-26-46)68-56(63(67(55)73(57)75-71)45-23-9-3-10-24-45)36-38-58-66-60-42-62(54-34-16-14-32-52(54)60)70(66)72(76-74(58)68)50-30-18-28-48(40-50)44-21-7-2-8-22-44/h1-40,59-62H,41-42H2. The van der Waals surface area contributed by atoms with E-state index in [9.17, 15) is 0 Å². The van der Waals surface area contributed by atoms with E-state index in [1.54, 1.807) is 0 Å². The first kappa shape index (κ1) is 42.2. The summed E-state index contributed by atoms with van der Waals surface area (Å²) in [6.45, 7) is 0. The predicted octanol–water partition coefficient (Wildman–Crippen LogP) is 19.1. The number of hydrogen-bond acceptors (Lipinski definition) is 2. The fourth-order valence-electron chi connectivity index (χ4n) is 15.0. The lowest BCUT2D eigenvalue weighted by Gasteiger charge is -2.27. The van der Waals surface area contributed by atoms with E-state index >= 15 is 0 Å². The number of hydrogen-bond donors (Lipinski definition) is 0. The summed E-state index contributed by atoms with van der Waals surface area (Å²) in [5, 5.41) is 7.29. The molecule has 4 atom stereocenters. The second-order valence-electron chi connectivity index (χ2n) is 21.7. The highest BCUT2D eigenvalue weighted by atomic mass is 14.7. The van der Waals surface area contributed by atoms with Crippen LogP contribution in [0.4, 0.5) is 0 Å². The zero-order valence-corrected chi connectivity index (χ0v) is 41.7. The van der Waals surface area contributed by atoms with Gasteiger partial charge in [0.1, 0.15) is 0 Å². The van der Waals surface area contributed by atoms with E-state index in [2.05, 4.69) is 243 Å². The highest BCUT2D eigenvalue weighted by molar-refractivity contribution is 6.32. The van der Waals surface area contributed by atoms with Gasteiger partial charge in [-0.3, -0.25) is 0 Å². The van der Waals surface area contributed by atoms with E-state index in [-0.39, 0.29) is 11.8 Å². The van der Waals surface area contributed by atoms with Crippen molar-refractivity contribution in [3.63, 3.8) is 0 Å². The Bertz CT molecular complexity index is 4280. The van der Waals surface area contributed by atoms with Crippen LogP contribution >= 0.6 is 0 Å². The van der Waals surface area contributed by atoms with Crippen LogP contribution in [0.5, 0.6) is 0 Å². The number of nitrogens with zero attached hydrogens (tertiary/aromatic N) is 2. The summed E-state index contributed by atoms with van der Waals surface area (Å²) in [5.41, 5.74) is 27.8. The van der Waals surface area contributed by atoms with Gasteiger partial charge >= 0.3 is 0 Å². The molecule has 0 fully saturated rings. The van der Waals surface area contributed by atoms with Crippen LogP contribution in [0.2, 0.25) is 0 Å². The lowest BCUT2D eigenvalue weighted by molar-refractivity contribution is 0.797. The highest BCUT2D eigenvalue weighted by Gasteiger charge is 2.46. The van der Waals surface area contributed by atoms with Crippen LogP contribution in [0.1, 0.15) is 81.0 Å². The van der Waals surface area contributed by atoms with Crippen LogP contribution in [0.3, 0.4) is 0 Å². The lowest BCUT2D eigenvalue weighted by Crippen LogP contribution is -2.08. The molecule has 4 unspecified atom stereocenters. The van der Waals surface area contributed by atoms with Gasteiger partial charge in [-0.25, -0.2) is 9.97 Å². The first-order valence-corrected chi connectivity index (χ1v) is 27.1. The van der Waals surface area contributed by atoms with E-state index in [0.29, 0.717) is 11.8 Å². The molecule has 0 amide bonds. The molecular formula is C74H48N2. The fourth-order valence-corrected chi connectivity index (χ4v) is 15.0. The molecule has 11 aromatic carbocycles. The summed E-state index contributed by atoms with van der Waals surface area (Å²) in [4.78, 5) is 12.3. The first-order chi connectivity index (χ1) is 37.7. The van der Waals surface area contributed by atoms with Gasteiger partial charge in [0.15, 0.2) is 0 Å². The molecule has 2 aromatic heterocycles. The molecule has 0 saturated carbocycles. The van der Waals surface area contributed by atoms with E-state index < -0.39 is 0 Å². The smallest absolute Gasteiger partial charge is 0.0797 e. The van der Waals surface area contributed by atoms with Crippen molar-refractivity contribution >= 4 is 43.4 Å². The van der Waals surface area contributed by atoms with Crippen molar-refractivity contribution in [3.8, 4) is 67.0 Å². The van der Waals surface area contributed by atoms with Crippen LogP contribution in [-0.2, 0) is 0 Å². The minimum atomic E-state index is 0.285. The second-order valence-corrected chi connectivity index (χ2v) is 21.7. The van der Waals surface area contributed by atoms with Crippen LogP contribution < -0.4 is 0 Å². The molecule has 0 spiro atoms. The molecular weight excluding hydrogens is 917 g/mol. The van der Waals surface area contributed by atoms with Crippen molar-refractivity contribution in [2.75, 3.05) is 0 Å². The van der Waals surface area contributed by atoms with Crippen molar-refractivity contribution < 1.29 is 0 Å². The Morgan fingerprint density at radius 2 is 0.553 bits per heavy atom. The monoisotopic (exact) mass is 964 g/mol. The summed E-state index contributed by atoms with van der Waals surface area (Å²) in [6.07, 6.45) is 2.14. The van der Waals surface area contributed by atoms with E-state index in [1.165, 1.54) is 121 Å². The molecule has 76 heavy (non-hydrogen) atoms. The minimum Gasteiger partial charge on any atom is -0.247 e. The van der Waals surface area contributed by atoms with Crippen LogP contribution in [0.25, 0.3) is 110 Å². The number of fused-ring (bicyclic) bond motifs is 24. The lowest BCUT2D eigenvalue weighted by atomic mass is 9.79. The molecule has 0 radical (unpaired) electrons. The highest BCUT2D eigenvalue weighted by Crippen LogP contribution is 2.63. The van der Waals surface area contributed by atoms with Gasteiger partial charge in [-0.1, -0.05) is 231 Å². The summed E-state index contributed by atoms with van der Waals surface area (Å²) < 4.78 is 0. The Hall–Kier alpha value is -9.24. The normalized spacial score (nSPS) is 17.4. The zero-order valence-electron chi connectivity index (χ0n) is 41.7. The third-order valence-electron chi connectivity index (χ3n) is 18.0. The van der Waals surface area contributed by atoms with Gasteiger partial charge in [0, 0.05) is 56.3 Å². The Morgan fingerprint density at radius 1 is 0.250 bits per heavy atom. The Balaban J connectivity index is 1.03. The van der Waals surface area contributed by atoms with Crippen molar-refractivity contribution in [2.24, 2.45) is 0 Å². The molecule has 17 rings (SSSR count). The molecule has 2 heterocycles. The molecule has 13 aromatic rings. The molecule has 0 aliphatic heterocycles. The molecule has 0 saturated heterocycles. The topological polar surface area (TPSA) is 25.8 Å². The van der Waals surface area contributed by atoms with Crippen molar-refractivity contribution in [1.82, 2.24) is 9.97 Å². The molecule has 4 aliphatic rings. The molecule has 354 valence electrons. The minimum absolute atomic E-state index is 0.285. The van der Waals surface area contributed by atoms with E-state index in [0.717, 1.165) is 46.4 Å². The number of benzene rings is 11. The van der Waals surface area contributed by atoms with Crippen molar-refractivity contribution in [3.05, 3.63) is 287 Å². The second kappa shape index (κ2) is 16.1. The summed E-state index contributed by atoms with van der Waals surface area (Å²) >= 11 is 0. The number of pyridine rings is 2. The van der Waals surface area contributed by atoms with E-state index in [4.69, 9.17) is 9.97 Å². The summed E-state index contributed by atoms with van der Waals surface area (Å²) in [7, 11) is 0. The van der Waals surface area contributed by atoms with Gasteiger partial charge in [-0.2, -0.15) is 0 Å². The Kier molecular flexibility index (Phi) is 8.95. The zero-order chi connectivity index (χ0) is 49.6. The van der Waals surface area contributed by atoms with Gasteiger partial charge in [-0.15, -0.1) is 0 Å². The third kappa shape index (κ3) is 5.93. The third-order valence-corrected chi connectivity index (χ3v) is 18.0. The number of rotatable bonds is 6. The molecule has 2 heteroatoms. The SMILES string of the molecule is c1ccc(-c2cccc(-c3nc4c(ccc5c(-c6ccccc6)c6c(ccc7c8c(c(-c9cccc(-c%10ccccc%10)c9)nc76)C6CC8c7ccccc76)c(-c6ccccc6)c54)c4c3C3CC4c4ccccc43)c2)cc1. The molecule has 0 N–H and O–H groups in total. The van der Waals surface area contributed by atoms with Crippen LogP contribution in [0.15, 0.2) is 243 Å². The van der Waals surface area contributed by atoms with E-state index in [1.807, 2.05) is 0 Å². The van der Waals surface area contributed by atoms with Gasteiger partial charge < -0.3 is 0 Å². The summed E-state index contributed by atoms with van der Waals surface area (Å²) in [5.74, 6) is 1.15. The average Bonchev–Trinajstić information content (AvgIpc) is 4.46. The molecule has 4 aliphatic carbocycles. The maximum absolute atomic E-state index is 6.13. The largest absolute Gasteiger partial charge is 0.247 e. The van der Waals surface area contributed by atoms with Gasteiger partial charge in [0.25, 0.3) is 0 Å². The van der Waals surface area contributed by atoms with Gasteiger partial charge in [-0.05, 0) is 125 Å². The fraction of sp³-hybridized carbons (Fsp3) is 0.0811. The average molecular weight is 965 g/mol. The van der Waals surface area contributed by atoms with Crippen LogP contribution in [-0.4, -0.2) is 9.97 Å². The molecule has 4 bridgehead atoms. The Morgan fingerprint density at radius 3 is 0.934 bits per heavy atom. The van der Waals surface area contributed by atoms with Crippen molar-refractivity contribution in [2.45, 2.75) is 36.5 Å². The van der Waals surface area contributed by atoms with Crippen LogP contribution in [0, 0.1) is 0 Å². The first-order valence-electron chi connectivity index (χ1n) is 27.1. The Labute approximate surface area is 441 Å². The maximum atomic E-state index is 6.13. The maximum Gasteiger partial charge on any atom is 0.0797 e. The van der Waals surface area contributed by atoms with Gasteiger partial charge in [0.05, 0.1) is 22.4 Å². The van der Waals surface area contributed by atoms with Crippen molar-refractivity contribution in [1.29, 1.82) is 0 Å². The quantitative estimate of drug-likeness (QED) is 0.123. The summed E-state index contributed by atoms with van der Waals surface area (Å²) in [6, 6.07) is 90.4. The number of aromatic nitrogens is 2. The predicted molar refractivity (Wildman–Crippen MR) is 314 cm³/mol. The van der Waals surface area contributed by atoms with Gasteiger partial charge in [0.2, 0.25) is 0 Å². The molecule has 2 nitrogen and oxygen atoms in total.